The summed E-state index contributed by atoms with van der Waals surface area (Å²) in [6.45, 7) is 4.25. The molecule has 0 saturated heterocycles. The van der Waals surface area contributed by atoms with Crippen LogP contribution < -0.4 is 0 Å². The maximum Gasteiger partial charge on any atom is 0.337 e. The summed E-state index contributed by atoms with van der Waals surface area (Å²) < 4.78 is 6.48. The van der Waals surface area contributed by atoms with Crippen LogP contribution in [0.4, 0.5) is 0 Å². The lowest BCUT2D eigenvalue weighted by molar-refractivity contribution is -0.139. The molecule has 1 atom stereocenters. The molecule has 0 fully saturated rings. The van der Waals surface area contributed by atoms with Gasteiger partial charge in [-0.3, -0.25) is 0 Å². The lowest BCUT2D eigenvalue weighted by atomic mass is 10.0. The minimum Gasteiger partial charge on any atom is -0.463 e. The second-order valence-electron chi connectivity index (χ2n) is 3.65. The second-order valence-corrected chi connectivity index (χ2v) is 4.27. The molecular formula is C12H21IO3. The van der Waals surface area contributed by atoms with E-state index in [1.54, 1.807) is 11.0 Å². The van der Waals surface area contributed by atoms with Crippen LogP contribution in [0.15, 0.2) is 9.66 Å². The molecule has 0 aliphatic rings. The van der Waals surface area contributed by atoms with Crippen LogP contribution in [0, 0.1) is 0 Å². The van der Waals surface area contributed by atoms with Crippen molar-refractivity contribution in [3.05, 3.63) is 9.66 Å². The van der Waals surface area contributed by atoms with Crippen LogP contribution in [0.5, 0.6) is 0 Å². The van der Waals surface area contributed by atoms with E-state index in [0.29, 0.717) is 18.6 Å². The molecule has 0 saturated carbocycles. The molecule has 0 spiro atoms. The van der Waals surface area contributed by atoms with E-state index in [1.807, 2.05) is 22.6 Å². The van der Waals surface area contributed by atoms with Crippen LogP contribution >= 0.6 is 22.6 Å². The van der Waals surface area contributed by atoms with Gasteiger partial charge in [0.05, 0.1) is 18.3 Å². The minimum absolute atomic E-state index is 0.343. The number of unbranched alkanes of at least 4 members (excludes halogenated alkanes) is 3. The highest BCUT2D eigenvalue weighted by atomic mass is 127. The van der Waals surface area contributed by atoms with Gasteiger partial charge in [0.25, 0.3) is 0 Å². The number of carbonyl (C=O) groups is 1. The molecule has 0 aliphatic carbocycles. The van der Waals surface area contributed by atoms with Gasteiger partial charge in [-0.15, -0.1) is 0 Å². The fourth-order valence-corrected chi connectivity index (χ4v) is 2.06. The third-order valence-electron chi connectivity index (χ3n) is 2.32. The van der Waals surface area contributed by atoms with E-state index in [9.17, 15) is 9.90 Å². The smallest absolute Gasteiger partial charge is 0.337 e. The Bertz CT molecular complexity index is 226. The summed E-state index contributed by atoms with van der Waals surface area (Å²) in [5.74, 6) is -0.403. The van der Waals surface area contributed by atoms with Crippen molar-refractivity contribution >= 4 is 28.6 Å². The van der Waals surface area contributed by atoms with Gasteiger partial charge >= 0.3 is 5.97 Å². The minimum atomic E-state index is -0.687. The first-order chi connectivity index (χ1) is 7.67. The van der Waals surface area contributed by atoms with Crippen LogP contribution in [0.1, 0.15) is 46.0 Å². The Hall–Kier alpha value is -0.100. The van der Waals surface area contributed by atoms with Gasteiger partial charge in [-0.25, -0.2) is 4.79 Å². The molecule has 1 unspecified atom stereocenters. The van der Waals surface area contributed by atoms with Gasteiger partial charge in [-0.1, -0.05) is 55.2 Å². The SMILES string of the molecule is CCCCCCC(O)C(=CI)C(=O)OCC. The van der Waals surface area contributed by atoms with E-state index < -0.39 is 12.1 Å². The lowest BCUT2D eigenvalue weighted by Crippen LogP contribution is -2.19. The maximum atomic E-state index is 11.4. The fourth-order valence-electron chi connectivity index (χ4n) is 1.39. The predicted octanol–water partition coefficient (Wildman–Crippen LogP) is 3.20. The average molecular weight is 340 g/mol. The average Bonchev–Trinajstić information content (AvgIpc) is 2.26. The van der Waals surface area contributed by atoms with Gasteiger partial charge in [0.2, 0.25) is 0 Å². The molecule has 0 heterocycles. The molecule has 0 bridgehead atoms. The lowest BCUT2D eigenvalue weighted by Gasteiger charge is -2.12. The van der Waals surface area contributed by atoms with Gasteiger partial charge in [-0.05, 0) is 17.4 Å². The topological polar surface area (TPSA) is 46.5 Å². The standard InChI is InChI=1S/C12H21IO3/c1-3-5-6-7-8-11(14)10(9-13)12(15)16-4-2/h9,11,14H,3-8H2,1-2H3. The van der Waals surface area contributed by atoms with Crippen molar-refractivity contribution in [3.8, 4) is 0 Å². The van der Waals surface area contributed by atoms with E-state index in [4.69, 9.17) is 4.74 Å². The van der Waals surface area contributed by atoms with Gasteiger partial charge < -0.3 is 9.84 Å². The van der Waals surface area contributed by atoms with Crippen LogP contribution in [0.25, 0.3) is 0 Å². The third kappa shape index (κ3) is 6.48. The molecule has 4 heteroatoms. The van der Waals surface area contributed by atoms with Crippen molar-refractivity contribution in [1.29, 1.82) is 0 Å². The van der Waals surface area contributed by atoms with Crippen LogP contribution in [-0.4, -0.2) is 23.8 Å². The van der Waals surface area contributed by atoms with Crippen molar-refractivity contribution in [1.82, 2.24) is 0 Å². The summed E-state index contributed by atoms with van der Waals surface area (Å²) in [5, 5.41) is 9.83. The van der Waals surface area contributed by atoms with Crippen molar-refractivity contribution < 1.29 is 14.6 Å². The van der Waals surface area contributed by atoms with Crippen LogP contribution in [-0.2, 0) is 9.53 Å². The molecule has 1 N–H and O–H groups in total. The predicted molar refractivity (Wildman–Crippen MR) is 73.5 cm³/mol. The second kappa shape index (κ2) is 10.1. The van der Waals surface area contributed by atoms with E-state index >= 15 is 0 Å². The Morgan fingerprint density at radius 2 is 2.06 bits per heavy atom. The Labute approximate surface area is 111 Å². The van der Waals surface area contributed by atoms with E-state index in [2.05, 4.69) is 6.92 Å². The zero-order chi connectivity index (χ0) is 12.4. The number of hydrogen-bond donors (Lipinski definition) is 1. The molecule has 0 rings (SSSR count). The van der Waals surface area contributed by atoms with Gasteiger partial charge in [0.15, 0.2) is 0 Å². The number of rotatable bonds is 8. The number of ether oxygens (including phenoxy) is 1. The number of esters is 1. The summed E-state index contributed by atoms with van der Waals surface area (Å²) in [5.41, 5.74) is 0.374. The molecular weight excluding hydrogens is 319 g/mol. The highest BCUT2D eigenvalue weighted by molar-refractivity contribution is 14.1. The Balaban J connectivity index is 4.02. The van der Waals surface area contributed by atoms with Crippen LogP contribution in [0.3, 0.4) is 0 Å². The molecule has 3 nitrogen and oxygen atoms in total. The third-order valence-corrected chi connectivity index (χ3v) is 2.99. The number of aliphatic hydroxyl groups is 1. The van der Waals surface area contributed by atoms with E-state index in [0.717, 1.165) is 12.8 Å². The van der Waals surface area contributed by atoms with Gasteiger partial charge in [0, 0.05) is 0 Å². The normalized spacial score (nSPS) is 13.6. The number of halogens is 1. The monoisotopic (exact) mass is 340 g/mol. The quantitative estimate of drug-likeness (QED) is 0.319. The maximum absolute atomic E-state index is 11.4. The summed E-state index contributed by atoms with van der Waals surface area (Å²) in [6.07, 6.45) is 4.34. The van der Waals surface area contributed by atoms with E-state index in [-0.39, 0.29) is 0 Å². The zero-order valence-corrected chi connectivity index (χ0v) is 12.2. The molecule has 0 radical (unpaired) electrons. The summed E-state index contributed by atoms with van der Waals surface area (Å²) in [6, 6.07) is 0. The van der Waals surface area contributed by atoms with Crippen molar-refractivity contribution in [3.63, 3.8) is 0 Å². The summed E-state index contributed by atoms with van der Waals surface area (Å²) in [4.78, 5) is 11.4. The largest absolute Gasteiger partial charge is 0.463 e. The Kier molecular flexibility index (Phi) is 10.0. The molecule has 0 aromatic rings. The van der Waals surface area contributed by atoms with Crippen molar-refractivity contribution in [2.45, 2.75) is 52.1 Å². The fraction of sp³-hybridized carbons (Fsp3) is 0.750. The van der Waals surface area contributed by atoms with Crippen LogP contribution in [0.2, 0.25) is 0 Å². The first-order valence-corrected chi connectivity index (χ1v) is 7.07. The molecule has 0 aliphatic heterocycles. The molecule has 94 valence electrons. The van der Waals surface area contributed by atoms with Crippen molar-refractivity contribution in [2.24, 2.45) is 0 Å². The molecule has 0 aromatic carbocycles. The molecule has 0 aromatic heterocycles. The molecule has 0 amide bonds. The van der Waals surface area contributed by atoms with Gasteiger partial charge in [0.1, 0.15) is 0 Å². The zero-order valence-electron chi connectivity index (χ0n) is 10.0. The highest BCUT2D eigenvalue weighted by Crippen LogP contribution is 2.15. The first-order valence-electron chi connectivity index (χ1n) is 5.82. The summed E-state index contributed by atoms with van der Waals surface area (Å²) in [7, 11) is 0. The van der Waals surface area contributed by atoms with Gasteiger partial charge in [-0.2, -0.15) is 0 Å². The highest BCUT2D eigenvalue weighted by Gasteiger charge is 2.18. The first kappa shape index (κ1) is 15.9. The number of hydrogen-bond acceptors (Lipinski definition) is 3. The number of aliphatic hydroxyl groups excluding tert-OH is 1. The Morgan fingerprint density at radius 1 is 1.38 bits per heavy atom. The van der Waals surface area contributed by atoms with Crippen molar-refractivity contribution in [2.75, 3.05) is 6.61 Å². The Morgan fingerprint density at radius 3 is 2.56 bits per heavy atom. The summed E-state index contributed by atoms with van der Waals surface area (Å²) >= 11 is 1.97. The number of carbonyl (C=O) groups excluding carboxylic acids is 1. The van der Waals surface area contributed by atoms with E-state index in [1.165, 1.54) is 12.8 Å². The molecule has 16 heavy (non-hydrogen) atoms.